The fourth-order valence-corrected chi connectivity index (χ4v) is 2.83. The first kappa shape index (κ1) is 15.3. The second kappa shape index (κ2) is 7.09. The van der Waals surface area contributed by atoms with E-state index in [2.05, 4.69) is 33.1 Å². The number of anilines is 1. The van der Waals surface area contributed by atoms with Crippen LogP contribution in [0.3, 0.4) is 0 Å². The lowest BCUT2D eigenvalue weighted by Gasteiger charge is -2.30. The van der Waals surface area contributed by atoms with Crippen LogP contribution in [0.25, 0.3) is 0 Å². The molecule has 0 bridgehead atoms. The minimum absolute atomic E-state index is 0.0969. The van der Waals surface area contributed by atoms with E-state index in [4.69, 9.17) is 5.73 Å². The van der Waals surface area contributed by atoms with Gasteiger partial charge < -0.3 is 16.0 Å². The third-order valence-corrected chi connectivity index (χ3v) is 4.34. The maximum absolute atomic E-state index is 12.0. The van der Waals surface area contributed by atoms with Gasteiger partial charge in [-0.25, -0.2) is 0 Å². The molecule has 0 radical (unpaired) electrons. The summed E-state index contributed by atoms with van der Waals surface area (Å²) in [4.78, 5) is 14.5. The van der Waals surface area contributed by atoms with Gasteiger partial charge in [0.2, 0.25) is 0 Å². The molecule has 1 heterocycles. The zero-order valence-corrected chi connectivity index (χ0v) is 13.4. The predicted molar refractivity (Wildman–Crippen MR) is 85.7 cm³/mol. The van der Waals surface area contributed by atoms with Crippen LogP contribution in [0, 0.1) is 5.92 Å². The second-order valence-electron chi connectivity index (χ2n) is 5.51. The number of nitrogens with zero attached hydrogens (tertiary/aromatic N) is 1. The van der Waals surface area contributed by atoms with Gasteiger partial charge in [-0.15, -0.1) is 0 Å². The standard InChI is InChI=1S/C15H22BrN3O/c1-11-4-7-19(8-5-11)9-6-18-15(20)13-3-2-12(16)10-14(13)17/h2-3,10-11H,4-9,17H2,1H3,(H,18,20). The van der Waals surface area contributed by atoms with Crippen molar-refractivity contribution in [3.8, 4) is 0 Å². The largest absolute Gasteiger partial charge is 0.398 e. The maximum atomic E-state index is 12.0. The molecular weight excluding hydrogens is 318 g/mol. The molecule has 4 nitrogen and oxygen atoms in total. The number of carbonyl (C=O) groups excluding carboxylic acids is 1. The highest BCUT2D eigenvalue weighted by molar-refractivity contribution is 9.10. The number of nitrogens with two attached hydrogens (primary N) is 1. The van der Waals surface area contributed by atoms with Gasteiger partial charge in [-0.05, 0) is 50.0 Å². The second-order valence-corrected chi connectivity index (χ2v) is 6.43. The molecular formula is C15H22BrN3O. The molecule has 1 fully saturated rings. The average Bonchev–Trinajstić information content (AvgIpc) is 2.41. The van der Waals surface area contributed by atoms with E-state index in [-0.39, 0.29) is 5.91 Å². The Balaban J connectivity index is 1.77. The van der Waals surface area contributed by atoms with Crippen molar-refractivity contribution in [3.05, 3.63) is 28.2 Å². The normalized spacial score (nSPS) is 17.1. The van der Waals surface area contributed by atoms with Crippen LogP contribution in [0.15, 0.2) is 22.7 Å². The Labute approximate surface area is 128 Å². The smallest absolute Gasteiger partial charge is 0.253 e. The fraction of sp³-hybridized carbons (Fsp3) is 0.533. The molecule has 0 spiro atoms. The molecule has 1 saturated heterocycles. The molecule has 3 N–H and O–H groups in total. The van der Waals surface area contributed by atoms with Crippen molar-refractivity contribution >= 4 is 27.5 Å². The maximum Gasteiger partial charge on any atom is 0.253 e. The van der Waals surface area contributed by atoms with E-state index in [0.717, 1.165) is 30.0 Å². The third kappa shape index (κ3) is 4.21. The zero-order valence-electron chi connectivity index (χ0n) is 11.9. The Bertz CT molecular complexity index is 470. The number of nitrogens with one attached hydrogen (secondary N) is 1. The van der Waals surface area contributed by atoms with Gasteiger partial charge in [-0.1, -0.05) is 22.9 Å². The monoisotopic (exact) mass is 339 g/mol. The summed E-state index contributed by atoms with van der Waals surface area (Å²) < 4.78 is 0.883. The summed E-state index contributed by atoms with van der Waals surface area (Å²) in [5.41, 5.74) is 6.90. The quantitative estimate of drug-likeness (QED) is 0.828. The van der Waals surface area contributed by atoms with Gasteiger partial charge in [0, 0.05) is 23.2 Å². The van der Waals surface area contributed by atoms with Gasteiger partial charge >= 0.3 is 0 Å². The summed E-state index contributed by atoms with van der Waals surface area (Å²) in [7, 11) is 0. The summed E-state index contributed by atoms with van der Waals surface area (Å²) in [5.74, 6) is 0.740. The number of benzene rings is 1. The summed E-state index contributed by atoms with van der Waals surface area (Å²) in [6.45, 7) is 6.15. The van der Waals surface area contributed by atoms with Crippen LogP contribution < -0.4 is 11.1 Å². The van der Waals surface area contributed by atoms with Crippen molar-refractivity contribution in [1.29, 1.82) is 0 Å². The van der Waals surface area contributed by atoms with Crippen molar-refractivity contribution in [1.82, 2.24) is 10.2 Å². The van der Waals surface area contributed by atoms with Crippen molar-refractivity contribution < 1.29 is 4.79 Å². The van der Waals surface area contributed by atoms with Crippen LogP contribution in [0.1, 0.15) is 30.1 Å². The molecule has 5 heteroatoms. The highest BCUT2D eigenvalue weighted by Crippen LogP contribution is 2.18. The average molecular weight is 340 g/mol. The van der Waals surface area contributed by atoms with Crippen molar-refractivity contribution in [2.24, 2.45) is 5.92 Å². The molecule has 0 unspecified atom stereocenters. The number of rotatable bonds is 4. The van der Waals surface area contributed by atoms with Gasteiger partial charge in [-0.2, -0.15) is 0 Å². The molecule has 0 aliphatic carbocycles. The summed E-state index contributed by atoms with van der Waals surface area (Å²) in [5, 5.41) is 2.94. The van der Waals surface area contributed by atoms with E-state index in [1.807, 2.05) is 6.07 Å². The molecule has 1 amide bonds. The molecule has 1 aromatic rings. The first-order chi connectivity index (χ1) is 9.56. The third-order valence-electron chi connectivity index (χ3n) is 3.85. The lowest BCUT2D eigenvalue weighted by molar-refractivity contribution is 0.0945. The highest BCUT2D eigenvalue weighted by atomic mass is 79.9. The molecule has 1 aromatic carbocycles. The first-order valence-electron chi connectivity index (χ1n) is 7.12. The Morgan fingerprint density at radius 3 is 2.80 bits per heavy atom. The first-order valence-corrected chi connectivity index (χ1v) is 7.91. The van der Waals surface area contributed by atoms with E-state index in [1.165, 1.54) is 12.8 Å². The molecule has 0 atom stereocenters. The fourth-order valence-electron chi connectivity index (χ4n) is 2.45. The van der Waals surface area contributed by atoms with Gasteiger partial charge in [0.05, 0.1) is 5.56 Å². The lowest BCUT2D eigenvalue weighted by atomic mass is 9.99. The van der Waals surface area contributed by atoms with E-state index >= 15 is 0 Å². The summed E-state index contributed by atoms with van der Waals surface area (Å²) in [6.07, 6.45) is 2.52. The summed E-state index contributed by atoms with van der Waals surface area (Å²) in [6, 6.07) is 5.33. The minimum Gasteiger partial charge on any atom is -0.398 e. The minimum atomic E-state index is -0.0969. The van der Waals surface area contributed by atoms with Gasteiger partial charge in [0.1, 0.15) is 0 Å². The Morgan fingerprint density at radius 1 is 1.45 bits per heavy atom. The molecule has 2 rings (SSSR count). The van der Waals surface area contributed by atoms with Gasteiger partial charge in [0.15, 0.2) is 0 Å². The highest BCUT2D eigenvalue weighted by Gasteiger charge is 2.15. The van der Waals surface area contributed by atoms with Crippen molar-refractivity contribution in [2.75, 3.05) is 31.9 Å². The van der Waals surface area contributed by atoms with E-state index in [0.29, 0.717) is 17.8 Å². The molecule has 20 heavy (non-hydrogen) atoms. The van der Waals surface area contributed by atoms with Crippen LogP contribution in [-0.4, -0.2) is 37.0 Å². The molecule has 0 aromatic heterocycles. The van der Waals surface area contributed by atoms with Crippen molar-refractivity contribution in [2.45, 2.75) is 19.8 Å². The van der Waals surface area contributed by atoms with Crippen LogP contribution in [0.5, 0.6) is 0 Å². The number of halogens is 1. The van der Waals surface area contributed by atoms with E-state index in [9.17, 15) is 4.79 Å². The van der Waals surface area contributed by atoms with Crippen molar-refractivity contribution in [3.63, 3.8) is 0 Å². The topological polar surface area (TPSA) is 58.4 Å². The Kier molecular flexibility index (Phi) is 5.43. The zero-order chi connectivity index (χ0) is 14.5. The summed E-state index contributed by atoms with van der Waals surface area (Å²) >= 11 is 3.34. The number of nitrogen functional groups attached to an aromatic ring is 1. The van der Waals surface area contributed by atoms with Gasteiger partial charge in [0.25, 0.3) is 5.91 Å². The predicted octanol–water partition coefficient (Wildman–Crippen LogP) is 2.49. The SMILES string of the molecule is CC1CCN(CCNC(=O)c2ccc(Br)cc2N)CC1. The van der Waals surface area contributed by atoms with E-state index in [1.54, 1.807) is 12.1 Å². The lowest BCUT2D eigenvalue weighted by Crippen LogP contribution is -2.39. The van der Waals surface area contributed by atoms with Crippen LogP contribution >= 0.6 is 15.9 Å². The van der Waals surface area contributed by atoms with Crippen LogP contribution in [0.4, 0.5) is 5.69 Å². The molecule has 1 aliphatic rings. The number of piperidine rings is 1. The number of hydrogen-bond acceptors (Lipinski definition) is 3. The number of carbonyl (C=O) groups is 1. The van der Waals surface area contributed by atoms with Crippen LogP contribution in [-0.2, 0) is 0 Å². The van der Waals surface area contributed by atoms with Gasteiger partial charge in [-0.3, -0.25) is 4.79 Å². The number of likely N-dealkylation sites (tertiary alicyclic amines) is 1. The molecule has 110 valence electrons. The Hall–Kier alpha value is -1.07. The van der Waals surface area contributed by atoms with Crippen LogP contribution in [0.2, 0.25) is 0 Å². The molecule has 0 saturated carbocycles. The van der Waals surface area contributed by atoms with E-state index < -0.39 is 0 Å². The number of amides is 1. The number of hydrogen-bond donors (Lipinski definition) is 2. The molecule has 1 aliphatic heterocycles. The Morgan fingerprint density at radius 2 is 2.15 bits per heavy atom.